The number of hydrogen-bond donors (Lipinski definition) is 1. The molecule has 2 fully saturated rings. The van der Waals surface area contributed by atoms with E-state index in [1.165, 1.54) is 0 Å². The van der Waals surface area contributed by atoms with Crippen LogP contribution in [0.1, 0.15) is 69.0 Å². The Bertz CT molecular complexity index is 1510. The number of ether oxygens (including phenoxy) is 1. The number of aromatic nitrogens is 2. The molecular weight excluding hydrogens is 613 g/mol. The molecule has 2 atom stereocenters. The van der Waals surface area contributed by atoms with Gasteiger partial charge >= 0.3 is 6.09 Å². The fourth-order valence-corrected chi connectivity index (χ4v) is 6.96. The number of benzene rings is 2. The van der Waals surface area contributed by atoms with Crippen molar-refractivity contribution in [2.45, 2.75) is 57.4 Å². The van der Waals surface area contributed by atoms with Crippen molar-refractivity contribution in [3.05, 3.63) is 82.4 Å². The van der Waals surface area contributed by atoms with Crippen LogP contribution in [0.4, 0.5) is 4.79 Å². The molecule has 0 radical (unpaired) electrons. The van der Waals surface area contributed by atoms with Crippen LogP contribution in [0, 0.1) is 23.2 Å². The van der Waals surface area contributed by atoms with Gasteiger partial charge in [0.05, 0.1) is 16.5 Å². The van der Waals surface area contributed by atoms with Crippen LogP contribution in [0.2, 0.25) is 5.02 Å². The number of piperidine rings is 2. The maximum atomic E-state index is 13.5. The number of halogens is 2. The Morgan fingerprint density at radius 1 is 1.11 bits per heavy atom. The molecule has 2 saturated heterocycles. The third kappa shape index (κ3) is 7.14. The molecule has 2 aliphatic rings. The van der Waals surface area contributed by atoms with Gasteiger partial charge in [0.2, 0.25) is 0 Å². The zero-order valence-electron chi connectivity index (χ0n) is 25.9. The van der Waals surface area contributed by atoms with Gasteiger partial charge in [-0.15, -0.1) is 11.6 Å². The molecule has 5 rings (SSSR count). The van der Waals surface area contributed by atoms with Gasteiger partial charge < -0.3 is 10.1 Å². The summed E-state index contributed by atoms with van der Waals surface area (Å²) in [4.78, 5) is 35.2. The summed E-state index contributed by atoms with van der Waals surface area (Å²) in [7, 11) is 0. The Hall–Kier alpha value is -3.58. The van der Waals surface area contributed by atoms with Crippen LogP contribution in [-0.4, -0.2) is 53.1 Å². The van der Waals surface area contributed by atoms with Crippen LogP contribution in [-0.2, 0) is 15.8 Å². The second kappa shape index (κ2) is 14.2. The highest BCUT2D eigenvalue weighted by Gasteiger charge is 2.47. The molecule has 3 heterocycles. The molecule has 1 amide bonds. The van der Waals surface area contributed by atoms with Gasteiger partial charge in [-0.1, -0.05) is 37.6 Å². The van der Waals surface area contributed by atoms with Crippen molar-refractivity contribution in [1.29, 1.82) is 5.26 Å². The van der Waals surface area contributed by atoms with Gasteiger partial charge in [0.1, 0.15) is 18.2 Å². The van der Waals surface area contributed by atoms with Gasteiger partial charge in [-0.2, -0.15) is 5.26 Å². The molecule has 0 bridgehead atoms. The number of hydrogen-bond acceptors (Lipinski definition) is 8. The summed E-state index contributed by atoms with van der Waals surface area (Å²) >= 11 is 12.3. The zero-order chi connectivity index (χ0) is 32.0. The van der Waals surface area contributed by atoms with Crippen molar-refractivity contribution >= 4 is 29.3 Å². The minimum atomic E-state index is -0.725. The lowest BCUT2D eigenvalue weighted by Crippen LogP contribution is -2.55. The van der Waals surface area contributed by atoms with Gasteiger partial charge in [-0.3, -0.25) is 9.79 Å². The average Bonchev–Trinajstić information content (AvgIpc) is 3.07. The predicted octanol–water partition coefficient (Wildman–Crippen LogP) is 7.00. The number of rotatable bonds is 9. The van der Waals surface area contributed by atoms with E-state index in [0.717, 1.165) is 49.9 Å². The van der Waals surface area contributed by atoms with Gasteiger partial charge in [-0.05, 0) is 99.0 Å². The Kier molecular flexibility index (Phi) is 10.4. The van der Waals surface area contributed by atoms with Crippen molar-refractivity contribution < 1.29 is 19.3 Å². The van der Waals surface area contributed by atoms with Crippen molar-refractivity contribution in [2.75, 3.05) is 32.1 Å². The molecular formula is C34H39Cl2N5O4. The van der Waals surface area contributed by atoms with Crippen molar-refractivity contribution in [2.24, 2.45) is 11.8 Å². The van der Waals surface area contributed by atoms with Crippen LogP contribution in [0.3, 0.4) is 0 Å². The number of carbonyl (C=O) groups is 1. The summed E-state index contributed by atoms with van der Waals surface area (Å²) < 4.78 is 5.60. The molecule has 0 saturated carbocycles. The number of nitrogens with one attached hydrogen (secondary N) is 1. The Balaban J connectivity index is 1.28. The molecule has 238 valence electrons. The van der Waals surface area contributed by atoms with E-state index in [-0.39, 0.29) is 12.5 Å². The molecule has 11 heteroatoms. The predicted molar refractivity (Wildman–Crippen MR) is 172 cm³/mol. The maximum absolute atomic E-state index is 13.5. The molecule has 0 spiro atoms. The first kappa shape index (κ1) is 32.8. The molecule has 0 aliphatic carbocycles. The first-order chi connectivity index (χ1) is 21.7. The summed E-state index contributed by atoms with van der Waals surface area (Å²) in [6.07, 6.45) is 6.78. The molecule has 2 aromatic carbocycles. The minimum Gasteiger partial charge on any atom is -0.489 e. The van der Waals surface area contributed by atoms with Gasteiger partial charge in [0.15, 0.2) is 17.3 Å². The summed E-state index contributed by atoms with van der Waals surface area (Å²) in [5, 5.41) is 13.5. The monoisotopic (exact) mass is 651 g/mol. The zero-order valence-corrected chi connectivity index (χ0v) is 27.4. The molecule has 1 aromatic heterocycles. The smallest absolute Gasteiger partial charge is 0.453 e. The normalized spacial score (nSPS) is 20.7. The molecule has 2 aliphatic heterocycles. The van der Waals surface area contributed by atoms with E-state index in [1.54, 1.807) is 47.6 Å². The van der Waals surface area contributed by atoms with E-state index in [1.807, 2.05) is 32.9 Å². The number of likely N-dealkylation sites (tertiary alicyclic amines) is 1. The minimum absolute atomic E-state index is 0.251. The lowest BCUT2D eigenvalue weighted by atomic mass is 9.72. The fraction of sp³-hybridized carbons (Fsp3) is 0.471. The third-order valence-corrected chi connectivity index (χ3v) is 9.73. The maximum Gasteiger partial charge on any atom is 0.453 e. The van der Waals surface area contributed by atoms with E-state index >= 15 is 0 Å². The van der Waals surface area contributed by atoms with Gasteiger partial charge in [-0.25, -0.2) is 19.7 Å². The van der Waals surface area contributed by atoms with Crippen molar-refractivity contribution in [3.63, 3.8) is 0 Å². The van der Waals surface area contributed by atoms with Gasteiger partial charge in [0, 0.05) is 24.4 Å². The summed E-state index contributed by atoms with van der Waals surface area (Å²) in [5.41, 5.74) is 0.903. The Morgan fingerprint density at radius 3 is 2.49 bits per heavy atom. The lowest BCUT2D eigenvalue weighted by Gasteiger charge is -2.47. The van der Waals surface area contributed by atoms with Crippen LogP contribution in [0.25, 0.3) is 0 Å². The summed E-state index contributed by atoms with van der Waals surface area (Å²) in [5.74, 6) is 2.67. The third-order valence-electron chi connectivity index (χ3n) is 9.29. The quantitative estimate of drug-likeness (QED) is 0.150. The van der Waals surface area contributed by atoms with Crippen LogP contribution in [0.5, 0.6) is 11.5 Å². The number of amides is 1. The SMILES string of the molecule is CC(C)(c1ccc(OOC(=O)N2CCC(C3CCNCC3)CC2(C)c2ncccn2)cc1)c1cc(Cl)c(OCCCl)c(C#N)c1. The van der Waals surface area contributed by atoms with Crippen molar-refractivity contribution in [3.8, 4) is 17.6 Å². The number of alkyl halides is 1. The summed E-state index contributed by atoms with van der Waals surface area (Å²) in [6.45, 7) is 8.93. The second-order valence-corrected chi connectivity index (χ2v) is 13.2. The average molecular weight is 653 g/mol. The highest BCUT2D eigenvalue weighted by molar-refractivity contribution is 6.32. The second-order valence-electron chi connectivity index (χ2n) is 12.4. The lowest BCUT2D eigenvalue weighted by molar-refractivity contribution is -0.165. The largest absolute Gasteiger partial charge is 0.489 e. The number of nitriles is 1. The van der Waals surface area contributed by atoms with E-state index in [0.29, 0.717) is 46.3 Å². The molecule has 2 unspecified atom stereocenters. The number of nitrogens with zero attached hydrogens (tertiary/aromatic N) is 4. The van der Waals surface area contributed by atoms with Crippen LogP contribution >= 0.6 is 23.2 Å². The standard InChI is InChI=1S/C34H39Cl2N5O4/c1-33(2,27-19-25(22-37)30(29(36)20-27)43-18-12-35)26-5-7-28(8-6-26)44-45-32(42)41-17-11-24(23-9-15-38-16-10-23)21-34(41,3)31-39-13-4-14-40-31/h4-8,13-14,19-20,23-24,38H,9-12,15-18,21H2,1-3H3. The number of carbonyl (C=O) groups excluding carboxylic acids is 1. The van der Waals surface area contributed by atoms with Crippen LogP contribution in [0.15, 0.2) is 54.9 Å². The first-order valence-corrected chi connectivity index (χ1v) is 16.3. The highest BCUT2D eigenvalue weighted by Crippen LogP contribution is 2.43. The molecule has 9 nitrogen and oxygen atoms in total. The fourth-order valence-electron chi connectivity index (χ4n) is 6.61. The molecule has 3 aromatic rings. The van der Waals surface area contributed by atoms with E-state index in [9.17, 15) is 10.1 Å². The Labute approximate surface area is 274 Å². The molecule has 45 heavy (non-hydrogen) atoms. The van der Waals surface area contributed by atoms with Gasteiger partial charge in [0.25, 0.3) is 0 Å². The first-order valence-electron chi connectivity index (χ1n) is 15.3. The van der Waals surface area contributed by atoms with E-state index < -0.39 is 17.0 Å². The van der Waals surface area contributed by atoms with Crippen molar-refractivity contribution in [1.82, 2.24) is 20.2 Å². The Morgan fingerprint density at radius 2 is 1.82 bits per heavy atom. The highest BCUT2D eigenvalue weighted by atomic mass is 35.5. The van der Waals surface area contributed by atoms with E-state index in [4.69, 9.17) is 37.7 Å². The van der Waals surface area contributed by atoms with Crippen LogP contribution < -0.4 is 14.9 Å². The topological polar surface area (TPSA) is 110 Å². The van der Waals surface area contributed by atoms with E-state index in [2.05, 4.69) is 21.4 Å². The summed E-state index contributed by atoms with van der Waals surface area (Å²) in [6, 6.07) is 14.8. The molecule has 1 N–H and O–H groups in total.